The molecule has 0 fully saturated rings. The van der Waals surface area contributed by atoms with E-state index in [4.69, 9.17) is 9.47 Å². The zero-order valence-electron chi connectivity index (χ0n) is 14.8. The second-order valence-electron chi connectivity index (χ2n) is 5.47. The fraction of sp³-hybridized carbons (Fsp3) is 0.368. The molecule has 1 atom stereocenters. The number of methoxy groups -OCH3 is 1. The number of hydrogen-bond donors (Lipinski definition) is 1. The zero-order chi connectivity index (χ0) is 18.1. The number of nitrogens with zero attached hydrogens (tertiary/aromatic N) is 1. The van der Waals surface area contributed by atoms with Gasteiger partial charge in [0.15, 0.2) is 0 Å². The minimum Gasteiger partial charge on any atom is -0.497 e. The molecule has 0 saturated carbocycles. The largest absolute Gasteiger partial charge is 0.497 e. The van der Waals surface area contributed by atoms with Crippen LogP contribution in [0.4, 0.5) is 0 Å². The van der Waals surface area contributed by atoms with E-state index in [0.717, 1.165) is 22.6 Å². The number of hydrogen-bond acceptors (Lipinski definition) is 5. The van der Waals surface area contributed by atoms with Crippen LogP contribution in [0.15, 0.2) is 47.5 Å². The van der Waals surface area contributed by atoms with Gasteiger partial charge in [-0.3, -0.25) is 4.79 Å². The van der Waals surface area contributed by atoms with Gasteiger partial charge >= 0.3 is 0 Å². The molecule has 5 nitrogen and oxygen atoms in total. The molecule has 134 valence electrons. The van der Waals surface area contributed by atoms with Gasteiger partial charge in [0.25, 0.3) is 0 Å². The first kappa shape index (κ1) is 19.1. The first-order valence-electron chi connectivity index (χ1n) is 8.29. The lowest BCUT2D eigenvalue weighted by Gasteiger charge is -2.14. The first-order valence-corrected chi connectivity index (χ1v) is 9.17. The molecule has 6 heteroatoms. The summed E-state index contributed by atoms with van der Waals surface area (Å²) in [5.41, 5.74) is 0.881. The number of carbonyl (C=O) groups excluding carboxylic acids is 1. The summed E-state index contributed by atoms with van der Waals surface area (Å²) in [7, 11) is 1.63. The van der Waals surface area contributed by atoms with Crippen LogP contribution in [0.2, 0.25) is 0 Å². The van der Waals surface area contributed by atoms with Crippen molar-refractivity contribution >= 4 is 17.7 Å². The summed E-state index contributed by atoms with van der Waals surface area (Å²) in [6.07, 6.45) is 2.61. The summed E-state index contributed by atoms with van der Waals surface area (Å²) in [4.78, 5) is 17.6. The average Bonchev–Trinajstić information content (AvgIpc) is 2.65. The van der Waals surface area contributed by atoms with Crippen LogP contribution in [0, 0.1) is 0 Å². The van der Waals surface area contributed by atoms with Gasteiger partial charge in [0.1, 0.15) is 5.75 Å². The van der Waals surface area contributed by atoms with Crippen LogP contribution in [-0.4, -0.2) is 29.9 Å². The van der Waals surface area contributed by atoms with Crippen LogP contribution >= 0.6 is 11.8 Å². The van der Waals surface area contributed by atoms with E-state index >= 15 is 0 Å². The number of aromatic nitrogens is 1. The van der Waals surface area contributed by atoms with Crippen molar-refractivity contribution in [3.8, 4) is 11.6 Å². The highest BCUT2D eigenvalue weighted by molar-refractivity contribution is 8.00. The molecular formula is C19H24N2O3S. The van der Waals surface area contributed by atoms with E-state index in [1.54, 1.807) is 13.3 Å². The van der Waals surface area contributed by atoms with Crippen LogP contribution in [0.5, 0.6) is 11.6 Å². The van der Waals surface area contributed by atoms with Crippen LogP contribution in [0.3, 0.4) is 0 Å². The SMILES string of the molecule is CCCOc1ncccc1CNC(=O)C(C)Sc1ccc(OC)cc1. The second-order valence-corrected chi connectivity index (χ2v) is 6.88. The van der Waals surface area contributed by atoms with Crippen LogP contribution in [0.25, 0.3) is 0 Å². The van der Waals surface area contributed by atoms with Crippen molar-refractivity contribution in [1.29, 1.82) is 0 Å². The smallest absolute Gasteiger partial charge is 0.233 e. The van der Waals surface area contributed by atoms with Crippen molar-refractivity contribution in [2.75, 3.05) is 13.7 Å². The van der Waals surface area contributed by atoms with Gasteiger partial charge in [-0.15, -0.1) is 11.8 Å². The molecular weight excluding hydrogens is 336 g/mol. The van der Waals surface area contributed by atoms with E-state index < -0.39 is 0 Å². The molecule has 1 N–H and O–H groups in total. The third-order valence-electron chi connectivity index (χ3n) is 3.49. The minimum atomic E-state index is -0.204. The zero-order valence-corrected chi connectivity index (χ0v) is 15.6. The standard InChI is InChI=1S/C19H24N2O3S/c1-4-12-24-19-15(6-5-11-20-19)13-21-18(22)14(2)25-17-9-7-16(23-3)8-10-17/h5-11,14H,4,12-13H2,1-3H3,(H,21,22). The maximum absolute atomic E-state index is 12.4. The van der Waals surface area contributed by atoms with Gasteiger partial charge in [-0.25, -0.2) is 4.98 Å². The lowest BCUT2D eigenvalue weighted by Crippen LogP contribution is -2.30. The Morgan fingerprint density at radius 2 is 2.04 bits per heavy atom. The van der Waals surface area contributed by atoms with Crippen molar-refractivity contribution in [3.05, 3.63) is 48.2 Å². The summed E-state index contributed by atoms with van der Waals surface area (Å²) in [5.74, 6) is 1.36. The summed E-state index contributed by atoms with van der Waals surface area (Å²) in [6, 6.07) is 11.4. The van der Waals surface area contributed by atoms with E-state index in [-0.39, 0.29) is 11.2 Å². The summed E-state index contributed by atoms with van der Waals surface area (Å²) in [5, 5.41) is 2.75. The highest BCUT2D eigenvalue weighted by Gasteiger charge is 2.15. The Labute approximate surface area is 153 Å². The highest BCUT2D eigenvalue weighted by atomic mass is 32.2. The molecule has 25 heavy (non-hydrogen) atoms. The van der Waals surface area contributed by atoms with Crippen molar-refractivity contribution in [3.63, 3.8) is 0 Å². The molecule has 2 aromatic rings. The Balaban J connectivity index is 1.88. The van der Waals surface area contributed by atoms with E-state index in [1.807, 2.05) is 50.2 Å². The molecule has 1 unspecified atom stereocenters. The number of nitrogens with one attached hydrogen (secondary N) is 1. The molecule has 0 spiro atoms. The highest BCUT2D eigenvalue weighted by Crippen LogP contribution is 2.25. The predicted molar refractivity (Wildman–Crippen MR) is 100 cm³/mol. The second kappa shape index (κ2) is 9.93. The molecule has 0 radical (unpaired) electrons. The molecule has 1 heterocycles. The normalized spacial score (nSPS) is 11.6. The molecule has 2 rings (SSSR count). The first-order chi connectivity index (χ1) is 12.1. The van der Waals surface area contributed by atoms with Gasteiger partial charge in [0.2, 0.25) is 11.8 Å². The Kier molecular flexibility index (Phi) is 7.60. The van der Waals surface area contributed by atoms with Gasteiger partial charge in [0.05, 0.1) is 19.0 Å². The number of ether oxygens (including phenoxy) is 2. The summed E-state index contributed by atoms with van der Waals surface area (Å²) >= 11 is 1.51. The van der Waals surface area contributed by atoms with E-state index in [1.165, 1.54) is 11.8 Å². The van der Waals surface area contributed by atoms with Gasteiger partial charge in [-0.2, -0.15) is 0 Å². The number of thioether (sulfide) groups is 1. The summed E-state index contributed by atoms with van der Waals surface area (Å²) < 4.78 is 10.8. The quantitative estimate of drug-likeness (QED) is 0.691. The van der Waals surface area contributed by atoms with Crippen LogP contribution < -0.4 is 14.8 Å². The van der Waals surface area contributed by atoms with Gasteiger partial charge in [-0.05, 0) is 43.7 Å². The Morgan fingerprint density at radius 3 is 2.72 bits per heavy atom. The third-order valence-corrected chi connectivity index (χ3v) is 4.60. The third kappa shape index (κ3) is 5.98. The van der Waals surface area contributed by atoms with Gasteiger partial charge in [0, 0.05) is 23.2 Å². The van der Waals surface area contributed by atoms with E-state index in [9.17, 15) is 4.79 Å². The molecule has 0 aliphatic carbocycles. The fourth-order valence-corrected chi connectivity index (χ4v) is 3.02. The molecule has 0 saturated heterocycles. The lowest BCUT2D eigenvalue weighted by molar-refractivity contribution is -0.120. The van der Waals surface area contributed by atoms with Gasteiger partial charge < -0.3 is 14.8 Å². The van der Waals surface area contributed by atoms with Crippen molar-refractivity contribution in [1.82, 2.24) is 10.3 Å². The van der Waals surface area contributed by atoms with Crippen LogP contribution in [-0.2, 0) is 11.3 Å². The molecule has 1 amide bonds. The minimum absolute atomic E-state index is 0.0221. The fourth-order valence-electron chi connectivity index (χ4n) is 2.13. The molecule has 1 aromatic heterocycles. The Bertz CT molecular complexity index is 677. The van der Waals surface area contributed by atoms with Crippen molar-refractivity contribution in [2.45, 2.75) is 37.0 Å². The van der Waals surface area contributed by atoms with Gasteiger partial charge in [-0.1, -0.05) is 13.0 Å². The maximum Gasteiger partial charge on any atom is 0.233 e. The topological polar surface area (TPSA) is 60.5 Å². The predicted octanol–water partition coefficient (Wildman–Crippen LogP) is 3.68. The number of carbonyl (C=O) groups is 1. The Morgan fingerprint density at radius 1 is 1.28 bits per heavy atom. The molecule has 0 aliphatic heterocycles. The number of rotatable bonds is 9. The van der Waals surface area contributed by atoms with Crippen molar-refractivity contribution < 1.29 is 14.3 Å². The van der Waals surface area contributed by atoms with Crippen molar-refractivity contribution in [2.24, 2.45) is 0 Å². The van der Waals surface area contributed by atoms with E-state index in [2.05, 4.69) is 10.3 Å². The monoisotopic (exact) mass is 360 g/mol. The summed E-state index contributed by atoms with van der Waals surface area (Å²) in [6.45, 7) is 4.95. The van der Waals surface area contributed by atoms with Crippen LogP contribution in [0.1, 0.15) is 25.8 Å². The molecule has 0 bridgehead atoms. The maximum atomic E-state index is 12.4. The molecule has 0 aliphatic rings. The average molecular weight is 360 g/mol. The number of amides is 1. The number of pyridine rings is 1. The number of benzene rings is 1. The lowest BCUT2D eigenvalue weighted by atomic mass is 10.2. The Hall–Kier alpha value is -2.21. The van der Waals surface area contributed by atoms with E-state index in [0.29, 0.717) is 19.0 Å². The molecule has 1 aromatic carbocycles.